The van der Waals surface area contributed by atoms with Crippen molar-refractivity contribution >= 4 is 23.7 Å². The zero-order chi connectivity index (χ0) is 32.3. The first kappa shape index (κ1) is 32.8. The van der Waals surface area contributed by atoms with Crippen LogP contribution >= 0.6 is 0 Å². The molecule has 0 radical (unpaired) electrons. The average molecular weight is 606 g/mol. The van der Waals surface area contributed by atoms with Crippen LogP contribution in [0.15, 0.2) is 109 Å². The fraction of sp³-hybridized carbons (Fsp3) is 0.243. The molecule has 3 amide bonds. The van der Waals surface area contributed by atoms with E-state index in [0.717, 1.165) is 21.6 Å². The van der Waals surface area contributed by atoms with E-state index in [1.54, 1.807) is 18.2 Å². The molecular formula is C37H39N3O5. The van der Waals surface area contributed by atoms with Crippen LogP contribution in [0.2, 0.25) is 0 Å². The lowest BCUT2D eigenvalue weighted by Gasteiger charge is -2.33. The summed E-state index contributed by atoms with van der Waals surface area (Å²) in [6.45, 7) is 1.95. The molecule has 0 heterocycles. The number of primary amides is 1. The second-order valence-electron chi connectivity index (χ2n) is 11.1. The van der Waals surface area contributed by atoms with E-state index >= 15 is 0 Å². The molecule has 45 heavy (non-hydrogen) atoms. The first-order valence-electron chi connectivity index (χ1n) is 14.9. The Morgan fingerprint density at radius 3 is 1.93 bits per heavy atom. The Hall–Kier alpha value is -5.08. The van der Waals surface area contributed by atoms with Crippen LogP contribution in [0.25, 0.3) is 0 Å². The van der Waals surface area contributed by atoms with Crippen molar-refractivity contribution < 1.29 is 23.9 Å². The van der Waals surface area contributed by atoms with Gasteiger partial charge in [0.15, 0.2) is 0 Å². The monoisotopic (exact) mass is 605 g/mol. The van der Waals surface area contributed by atoms with Crippen molar-refractivity contribution in [2.24, 2.45) is 11.5 Å². The zero-order valence-corrected chi connectivity index (χ0v) is 25.6. The molecule has 0 aliphatic rings. The molecule has 0 bridgehead atoms. The van der Waals surface area contributed by atoms with Crippen LogP contribution in [0, 0.1) is 6.92 Å². The second kappa shape index (κ2) is 15.6. The largest absolute Gasteiger partial charge is 0.465 e. The lowest BCUT2D eigenvalue weighted by atomic mass is 9.88. The highest BCUT2D eigenvalue weighted by Gasteiger charge is 2.40. The molecule has 0 saturated heterocycles. The highest BCUT2D eigenvalue weighted by Crippen LogP contribution is 2.29. The Morgan fingerprint density at radius 1 is 0.756 bits per heavy atom. The maximum Gasteiger partial charge on any atom is 0.337 e. The van der Waals surface area contributed by atoms with Gasteiger partial charge in [-0.15, -0.1) is 0 Å². The number of rotatable bonds is 13. The van der Waals surface area contributed by atoms with Crippen molar-refractivity contribution in [1.82, 2.24) is 4.90 Å². The van der Waals surface area contributed by atoms with Gasteiger partial charge in [-0.25, -0.2) is 4.79 Å². The molecular weight excluding hydrogens is 566 g/mol. The summed E-state index contributed by atoms with van der Waals surface area (Å²) in [5, 5.41) is 0. The minimum Gasteiger partial charge on any atom is -0.465 e. The van der Waals surface area contributed by atoms with E-state index < -0.39 is 41.7 Å². The quantitative estimate of drug-likeness (QED) is 0.212. The molecule has 4 aromatic rings. The molecule has 4 aromatic carbocycles. The predicted molar refractivity (Wildman–Crippen MR) is 173 cm³/mol. The Balaban J connectivity index is 1.69. The number of methoxy groups -OCH3 is 1. The molecule has 0 aliphatic heterocycles. The van der Waals surface area contributed by atoms with E-state index in [4.69, 9.17) is 16.2 Å². The van der Waals surface area contributed by atoms with E-state index in [1.165, 1.54) is 7.11 Å². The molecule has 0 saturated carbocycles. The van der Waals surface area contributed by atoms with Crippen molar-refractivity contribution in [3.05, 3.63) is 143 Å². The third-order valence-corrected chi connectivity index (χ3v) is 7.77. The Morgan fingerprint density at radius 2 is 1.36 bits per heavy atom. The SMILES string of the molecule is COC(=O)c1cccc(CCCC(C(N)=O)N(C(=O)C(c2ccccc2)c2ccccc2)C(=O)[C@@H](N)Cc2cccc(C)c2)c1. The van der Waals surface area contributed by atoms with E-state index in [9.17, 15) is 19.2 Å². The summed E-state index contributed by atoms with van der Waals surface area (Å²) in [6.07, 6.45) is 1.17. The number of aryl methyl sites for hydroxylation is 2. The van der Waals surface area contributed by atoms with Crippen LogP contribution in [-0.4, -0.2) is 47.8 Å². The van der Waals surface area contributed by atoms with Crippen LogP contribution < -0.4 is 11.5 Å². The summed E-state index contributed by atoms with van der Waals surface area (Å²) >= 11 is 0. The van der Waals surface area contributed by atoms with Gasteiger partial charge in [-0.1, -0.05) is 103 Å². The lowest BCUT2D eigenvalue weighted by molar-refractivity contribution is -0.153. The standard InChI is InChI=1S/C37H39N3O5/c1-25-12-9-15-27(22-25)24-31(38)35(42)40(36(43)33(28-16-5-3-6-17-28)29-18-7-4-8-19-29)32(34(39)41)21-11-14-26-13-10-20-30(23-26)37(44)45-2/h3-10,12-13,15-20,22-23,31-33H,11,14,21,24,38H2,1-2H3,(H2,39,41)/t31-,32?/m0/s1. The molecule has 0 fully saturated rings. The number of hydrogen-bond donors (Lipinski definition) is 2. The van der Waals surface area contributed by atoms with E-state index in [-0.39, 0.29) is 12.8 Å². The molecule has 0 spiro atoms. The van der Waals surface area contributed by atoms with E-state index in [1.807, 2.05) is 97.9 Å². The minimum atomic E-state index is -1.24. The van der Waals surface area contributed by atoms with Crippen LogP contribution in [0.3, 0.4) is 0 Å². The number of carbonyl (C=O) groups excluding carboxylic acids is 4. The van der Waals surface area contributed by atoms with Crippen LogP contribution in [-0.2, 0) is 32.0 Å². The van der Waals surface area contributed by atoms with Crippen molar-refractivity contribution in [2.45, 2.75) is 50.6 Å². The normalized spacial score (nSPS) is 12.3. The van der Waals surface area contributed by atoms with Gasteiger partial charge >= 0.3 is 5.97 Å². The number of hydrogen-bond acceptors (Lipinski definition) is 6. The molecule has 4 N–H and O–H groups in total. The van der Waals surface area contributed by atoms with Gasteiger partial charge in [0.05, 0.1) is 24.6 Å². The summed E-state index contributed by atoms with van der Waals surface area (Å²) in [7, 11) is 1.32. The number of nitrogens with zero attached hydrogens (tertiary/aromatic N) is 1. The van der Waals surface area contributed by atoms with Crippen LogP contribution in [0.4, 0.5) is 0 Å². The van der Waals surface area contributed by atoms with Crippen molar-refractivity contribution in [2.75, 3.05) is 7.11 Å². The van der Waals surface area contributed by atoms with Gasteiger partial charge < -0.3 is 16.2 Å². The van der Waals surface area contributed by atoms with Gasteiger partial charge in [0.25, 0.3) is 0 Å². The third-order valence-electron chi connectivity index (χ3n) is 7.77. The Labute approximate surface area is 264 Å². The number of carbonyl (C=O) groups is 4. The average Bonchev–Trinajstić information content (AvgIpc) is 3.05. The van der Waals surface area contributed by atoms with Crippen LogP contribution in [0.1, 0.15) is 56.9 Å². The van der Waals surface area contributed by atoms with Gasteiger partial charge in [-0.05, 0) is 67.0 Å². The first-order chi connectivity index (χ1) is 21.7. The summed E-state index contributed by atoms with van der Waals surface area (Å²) < 4.78 is 4.82. The van der Waals surface area contributed by atoms with Crippen molar-refractivity contribution in [3.63, 3.8) is 0 Å². The molecule has 8 heteroatoms. The highest BCUT2D eigenvalue weighted by atomic mass is 16.5. The summed E-state index contributed by atoms with van der Waals surface area (Å²) in [4.78, 5) is 54.9. The smallest absolute Gasteiger partial charge is 0.337 e. The molecule has 0 aromatic heterocycles. The molecule has 232 valence electrons. The van der Waals surface area contributed by atoms with Gasteiger partial charge in [-0.3, -0.25) is 19.3 Å². The van der Waals surface area contributed by atoms with Gasteiger partial charge in [0.2, 0.25) is 17.7 Å². The Bertz CT molecular complexity index is 1580. The molecule has 1 unspecified atom stereocenters. The maximum atomic E-state index is 14.6. The number of ether oxygens (including phenoxy) is 1. The third kappa shape index (κ3) is 8.52. The van der Waals surface area contributed by atoms with Crippen molar-refractivity contribution in [1.29, 1.82) is 0 Å². The van der Waals surface area contributed by atoms with Gasteiger partial charge in [0, 0.05) is 0 Å². The highest BCUT2D eigenvalue weighted by molar-refractivity contribution is 6.05. The summed E-state index contributed by atoms with van der Waals surface area (Å²) in [5.41, 5.74) is 16.9. The van der Waals surface area contributed by atoms with Gasteiger partial charge in [-0.2, -0.15) is 0 Å². The number of nitrogens with two attached hydrogens (primary N) is 2. The maximum absolute atomic E-state index is 14.6. The fourth-order valence-corrected chi connectivity index (χ4v) is 5.55. The van der Waals surface area contributed by atoms with Gasteiger partial charge in [0.1, 0.15) is 6.04 Å². The number of esters is 1. The summed E-state index contributed by atoms with van der Waals surface area (Å²) in [6, 6.07) is 30.5. The Kier molecular flexibility index (Phi) is 11.4. The molecule has 8 nitrogen and oxygen atoms in total. The molecule has 0 aliphatic carbocycles. The topological polar surface area (TPSA) is 133 Å². The molecule has 2 atom stereocenters. The first-order valence-corrected chi connectivity index (χ1v) is 14.9. The summed E-state index contributed by atoms with van der Waals surface area (Å²) in [5.74, 6) is -3.38. The van der Waals surface area contributed by atoms with Crippen LogP contribution in [0.5, 0.6) is 0 Å². The minimum absolute atomic E-state index is 0.114. The lowest BCUT2D eigenvalue weighted by Crippen LogP contribution is -2.57. The number of benzene rings is 4. The molecule has 4 rings (SSSR count). The fourth-order valence-electron chi connectivity index (χ4n) is 5.55. The van der Waals surface area contributed by atoms with E-state index in [2.05, 4.69) is 0 Å². The zero-order valence-electron chi connectivity index (χ0n) is 25.6. The second-order valence-corrected chi connectivity index (χ2v) is 11.1. The predicted octanol–water partition coefficient (Wildman–Crippen LogP) is 4.72. The van der Waals surface area contributed by atoms with Crippen molar-refractivity contribution in [3.8, 4) is 0 Å². The van der Waals surface area contributed by atoms with E-state index in [0.29, 0.717) is 29.5 Å². The number of amides is 3. The number of imide groups is 1.